The van der Waals surface area contributed by atoms with Crippen molar-refractivity contribution in [2.24, 2.45) is 0 Å². The summed E-state index contributed by atoms with van der Waals surface area (Å²) in [6.45, 7) is 6.13. The number of carbonyl (C=O) groups is 1. The third kappa shape index (κ3) is 3.39. The molecule has 0 spiro atoms. The normalized spacial score (nSPS) is 27.5. The zero-order chi connectivity index (χ0) is 16.4. The van der Waals surface area contributed by atoms with Crippen molar-refractivity contribution >= 4 is 6.03 Å². The Kier molecular flexibility index (Phi) is 4.67. The molecular weight excluding hydrogens is 304 g/mol. The van der Waals surface area contributed by atoms with E-state index in [0.29, 0.717) is 12.6 Å². The highest BCUT2D eigenvalue weighted by Gasteiger charge is 2.38. The van der Waals surface area contributed by atoms with Crippen LogP contribution in [0.25, 0.3) is 0 Å². The van der Waals surface area contributed by atoms with Gasteiger partial charge in [0.2, 0.25) is 0 Å². The predicted molar refractivity (Wildman–Crippen MR) is 90.6 cm³/mol. The van der Waals surface area contributed by atoms with Gasteiger partial charge in [-0.1, -0.05) is 6.07 Å². The van der Waals surface area contributed by atoms with E-state index in [-0.39, 0.29) is 12.1 Å². The van der Waals surface area contributed by atoms with Crippen LogP contribution in [0.3, 0.4) is 0 Å². The lowest BCUT2D eigenvalue weighted by molar-refractivity contribution is 0.0460. The molecule has 0 radical (unpaired) electrons. The third-order valence-corrected chi connectivity index (χ3v) is 5.43. The van der Waals surface area contributed by atoms with Gasteiger partial charge in [0.15, 0.2) is 0 Å². The number of amides is 2. The average molecular weight is 330 g/mol. The molecule has 3 saturated heterocycles. The second-order valence-corrected chi connectivity index (χ2v) is 7.10. The molecule has 0 aliphatic carbocycles. The minimum Gasteiger partial charge on any atom is -0.372 e. The number of pyridine rings is 1. The lowest BCUT2D eigenvalue weighted by Crippen LogP contribution is -2.54. The first-order valence-corrected chi connectivity index (χ1v) is 9.08. The van der Waals surface area contributed by atoms with Crippen molar-refractivity contribution in [1.82, 2.24) is 19.7 Å². The van der Waals surface area contributed by atoms with E-state index in [1.54, 1.807) is 6.20 Å². The molecule has 2 atom stereocenters. The highest BCUT2D eigenvalue weighted by molar-refractivity contribution is 5.75. The third-order valence-electron chi connectivity index (χ3n) is 5.43. The number of nitrogens with zero attached hydrogens (tertiary/aromatic N) is 4. The largest absolute Gasteiger partial charge is 0.372 e. The van der Waals surface area contributed by atoms with Crippen molar-refractivity contribution in [1.29, 1.82) is 0 Å². The molecule has 2 amide bonds. The Morgan fingerprint density at radius 2 is 2.04 bits per heavy atom. The number of fused-ring (bicyclic) bond motifs is 1. The number of rotatable bonds is 3. The molecule has 0 aromatic carbocycles. The highest BCUT2D eigenvalue weighted by Crippen LogP contribution is 2.25. The van der Waals surface area contributed by atoms with Crippen LogP contribution in [-0.4, -0.2) is 77.1 Å². The fourth-order valence-corrected chi connectivity index (χ4v) is 4.10. The van der Waals surface area contributed by atoms with Crippen molar-refractivity contribution in [3.05, 3.63) is 30.1 Å². The molecule has 4 heterocycles. The molecule has 130 valence electrons. The van der Waals surface area contributed by atoms with E-state index in [0.717, 1.165) is 64.1 Å². The van der Waals surface area contributed by atoms with Crippen LogP contribution in [0.2, 0.25) is 0 Å². The van der Waals surface area contributed by atoms with Gasteiger partial charge in [-0.3, -0.25) is 9.88 Å². The number of carbonyl (C=O) groups excluding carboxylic acids is 1. The average Bonchev–Trinajstić information content (AvgIpc) is 3.29. The minimum atomic E-state index is 0.242. The van der Waals surface area contributed by atoms with E-state index < -0.39 is 0 Å². The Hall–Kier alpha value is -1.66. The Morgan fingerprint density at radius 3 is 2.83 bits per heavy atom. The van der Waals surface area contributed by atoms with Crippen molar-refractivity contribution in [2.75, 3.05) is 39.3 Å². The fourth-order valence-electron chi connectivity index (χ4n) is 4.10. The Labute approximate surface area is 143 Å². The van der Waals surface area contributed by atoms with Gasteiger partial charge >= 0.3 is 6.03 Å². The van der Waals surface area contributed by atoms with E-state index in [1.807, 2.05) is 23.2 Å². The molecule has 1 aromatic heterocycles. The summed E-state index contributed by atoms with van der Waals surface area (Å²) in [7, 11) is 0. The predicted octanol–water partition coefficient (Wildman–Crippen LogP) is 1.57. The quantitative estimate of drug-likeness (QED) is 0.844. The van der Waals surface area contributed by atoms with Gasteiger partial charge in [0, 0.05) is 57.7 Å². The van der Waals surface area contributed by atoms with Gasteiger partial charge in [-0.25, -0.2) is 4.79 Å². The number of ether oxygens (including phenoxy) is 1. The number of hydrogen-bond donors (Lipinski definition) is 0. The lowest BCUT2D eigenvalue weighted by atomic mass is 10.1. The second kappa shape index (κ2) is 7.07. The van der Waals surface area contributed by atoms with E-state index >= 15 is 0 Å². The minimum absolute atomic E-state index is 0.242. The van der Waals surface area contributed by atoms with Gasteiger partial charge in [-0.05, 0) is 30.9 Å². The van der Waals surface area contributed by atoms with Crippen molar-refractivity contribution in [2.45, 2.75) is 38.0 Å². The van der Waals surface area contributed by atoms with Crippen LogP contribution in [-0.2, 0) is 11.3 Å². The topological polar surface area (TPSA) is 48.9 Å². The summed E-state index contributed by atoms with van der Waals surface area (Å²) in [4.78, 5) is 23.3. The van der Waals surface area contributed by atoms with Crippen molar-refractivity contribution < 1.29 is 9.53 Å². The Balaban J connectivity index is 1.28. The second-order valence-electron chi connectivity index (χ2n) is 7.10. The zero-order valence-corrected chi connectivity index (χ0v) is 14.1. The van der Waals surface area contributed by atoms with Gasteiger partial charge in [0.05, 0.1) is 12.7 Å². The fraction of sp³-hybridized carbons (Fsp3) is 0.667. The molecule has 6 heteroatoms. The van der Waals surface area contributed by atoms with E-state index in [1.165, 1.54) is 0 Å². The summed E-state index contributed by atoms with van der Waals surface area (Å²) in [5.41, 5.74) is 1.12. The summed E-state index contributed by atoms with van der Waals surface area (Å²) in [5, 5.41) is 0. The van der Waals surface area contributed by atoms with E-state index in [2.05, 4.69) is 14.8 Å². The van der Waals surface area contributed by atoms with Crippen LogP contribution in [0.1, 0.15) is 24.8 Å². The molecule has 0 unspecified atom stereocenters. The molecule has 0 bridgehead atoms. The lowest BCUT2D eigenvalue weighted by Gasteiger charge is -2.38. The van der Waals surface area contributed by atoms with Crippen LogP contribution < -0.4 is 0 Å². The number of aromatic nitrogens is 1. The van der Waals surface area contributed by atoms with Crippen LogP contribution in [0, 0.1) is 0 Å². The van der Waals surface area contributed by atoms with Gasteiger partial charge in [0.25, 0.3) is 0 Å². The van der Waals surface area contributed by atoms with Gasteiger partial charge in [-0.15, -0.1) is 0 Å². The summed E-state index contributed by atoms with van der Waals surface area (Å²) >= 11 is 0. The molecule has 6 nitrogen and oxygen atoms in total. The highest BCUT2D eigenvalue weighted by atomic mass is 16.5. The standard InChI is InChI=1S/C18H26N4O2/c23-18(20-6-1-2-7-20)22-9-8-21-13-17(10-16(21)12-22)24-14-15-4-3-5-19-11-15/h3-5,11,16-17H,1-2,6-10,12-14H2/t16-,17-/m1/s1. The first-order chi connectivity index (χ1) is 11.8. The molecule has 3 aliphatic heterocycles. The van der Waals surface area contributed by atoms with Crippen molar-refractivity contribution in [3.8, 4) is 0 Å². The van der Waals surface area contributed by atoms with Gasteiger partial charge in [-0.2, -0.15) is 0 Å². The number of urea groups is 1. The number of likely N-dealkylation sites (tertiary alicyclic amines) is 1. The maximum absolute atomic E-state index is 12.6. The van der Waals surface area contributed by atoms with E-state index in [4.69, 9.17) is 4.74 Å². The molecule has 3 aliphatic rings. The summed E-state index contributed by atoms with van der Waals surface area (Å²) in [5.74, 6) is 0. The smallest absolute Gasteiger partial charge is 0.320 e. The number of hydrogen-bond acceptors (Lipinski definition) is 4. The first kappa shape index (κ1) is 15.8. The maximum Gasteiger partial charge on any atom is 0.320 e. The molecule has 4 rings (SSSR count). The number of piperazine rings is 1. The summed E-state index contributed by atoms with van der Waals surface area (Å²) < 4.78 is 6.08. The zero-order valence-electron chi connectivity index (χ0n) is 14.1. The molecule has 3 fully saturated rings. The maximum atomic E-state index is 12.6. The van der Waals surface area contributed by atoms with E-state index in [9.17, 15) is 4.79 Å². The summed E-state index contributed by atoms with van der Waals surface area (Å²) in [6, 6.07) is 4.68. The van der Waals surface area contributed by atoms with Crippen LogP contribution in [0.4, 0.5) is 4.79 Å². The van der Waals surface area contributed by atoms with Crippen LogP contribution in [0.15, 0.2) is 24.5 Å². The molecule has 0 saturated carbocycles. The van der Waals surface area contributed by atoms with Gasteiger partial charge in [0.1, 0.15) is 0 Å². The van der Waals surface area contributed by atoms with Crippen molar-refractivity contribution in [3.63, 3.8) is 0 Å². The first-order valence-electron chi connectivity index (χ1n) is 9.08. The summed E-state index contributed by atoms with van der Waals surface area (Å²) in [6.07, 6.45) is 7.23. The molecule has 24 heavy (non-hydrogen) atoms. The SMILES string of the molecule is O=C(N1CCCC1)N1CCN2C[C@H](OCc3cccnc3)C[C@@H]2C1. The molecular formula is C18H26N4O2. The molecule has 1 aromatic rings. The Bertz CT molecular complexity index is 561. The van der Waals surface area contributed by atoms with Crippen LogP contribution in [0.5, 0.6) is 0 Å². The monoisotopic (exact) mass is 330 g/mol. The van der Waals surface area contributed by atoms with Gasteiger partial charge < -0.3 is 14.5 Å². The molecule has 0 N–H and O–H groups in total. The van der Waals surface area contributed by atoms with Crippen LogP contribution >= 0.6 is 0 Å². The Morgan fingerprint density at radius 1 is 1.17 bits per heavy atom.